The fraction of sp³-hybridized carbons (Fsp3) is 0.333. The number of fused-ring (bicyclic) bond motifs is 2. The second-order valence-electron chi connectivity index (χ2n) is 7.46. The van der Waals surface area contributed by atoms with Crippen molar-refractivity contribution in [2.45, 2.75) is 31.8 Å². The van der Waals surface area contributed by atoms with Gasteiger partial charge in [-0.3, -0.25) is 9.36 Å². The van der Waals surface area contributed by atoms with Crippen LogP contribution in [0.1, 0.15) is 31.8 Å². The summed E-state index contributed by atoms with van der Waals surface area (Å²) in [5.74, 6) is -0.318. The zero-order chi connectivity index (χ0) is 20.0. The van der Waals surface area contributed by atoms with Crippen LogP contribution in [0.5, 0.6) is 0 Å². The summed E-state index contributed by atoms with van der Waals surface area (Å²) in [4.78, 5) is 27.3. The minimum absolute atomic E-state index is 0.0171. The molecular formula is C21H21N5O3. The maximum absolute atomic E-state index is 13.1. The fourth-order valence-electron chi connectivity index (χ4n) is 4.22. The van der Waals surface area contributed by atoms with E-state index in [1.165, 1.54) is 0 Å². The van der Waals surface area contributed by atoms with E-state index in [2.05, 4.69) is 10.3 Å². The molecule has 8 heteroatoms. The molecule has 0 bridgehead atoms. The molecule has 5 rings (SSSR count). The van der Waals surface area contributed by atoms with Crippen LogP contribution in [0.15, 0.2) is 57.7 Å². The van der Waals surface area contributed by atoms with Crippen LogP contribution in [0.3, 0.4) is 0 Å². The Balaban J connectivity index is 1.33. The summed E-state index contributed by atoms with van der Waals surface area (Å²) in [5.41, 5.74) is 3.03. The van der Waals surface area contributed by atoms with Crippen molar-refractivity contribution in [1.29, 1.82) is 0 Å². The number of nitrogens with zero attached hydrogens (tertiary/aromatic N) is 5. The number of amides is 1. The molecule has 29 heavy (non-hydrogen) atoms. The number of carbonyl (C=O) groups is 1. The van der Waals surface area contributed by atoms with Gasteiger partial charge in [0.2, 0.25) is 5.91 Å². The summed E-state index contributed by atoms with van der Waals surface area (Å²) in [6, 6.07) is 14.7. The first-order chi connectivity index (χ1) is 14.1. The molecule has 1 fully saturated rings. The molecule has 2 aromatic carbocycles. The number of aromatic nitrogens is 4. The van der Waals surface area contributed by atoms with E-state index in [-0.39, 0.29) is 17.7 Å². The summed E-state index contributed by atoms with van der Waals surface area (Å²) in [5, 5.41) is 8.32. The zero-order valence-corrected chi connectivity index (χ0v) is 16.1. The van der Waals surface area contributed by atoms with Crippen LogP contribution < -0.4 is 5.76 Å². The Bertz CT molecular complexity index is 1250. The molecule has 8 nitrogen and oxygen atoms in total. The first kappa shape index (κ1) is 17.7. The van der Waals surface area contributed by atoms with Crippen molar-refractivity contribution in [2.75, 3.05) is 13.1 Å². The Morgan fingerprint density at radius 1 is 1.07 bits per heavy atom. The zero-order valence-electron chi connectivity index (χ0n) is 16.1. The third-order valence-electron chi connectivity index (χ3n) is 5.76. The number of piperidine rings is 1. The third-order valence-corrected chi connectivity index (χ3v) is 5.76. The summed E-state index contributed by atoms with van der Waals surface area (Å²) in [6.07, 6.45) is 1.42. The quantitative estimate of drug-likeness (QED) is 0.536. The number of oxazole rings is 1. The first-order valence-electron chi connectivity index (χ1n) is 9.82. The largest absolute Gasteiger partial charge is 0.420 e. The van der Waals surface area contributed by atoms with Gasteiger partial charge in [-0.05, 0) is 44.0 Å². The van der Waals surface area contributed by atoms with E-state index in [1.807, 2.05) is 54.3 Å². The van der Waals surface area contributed by atoms with E-state index in [4.69, 9.17) is 4.42 Å². The van der Waals surface area contributed by atoms with Gasteiger partial charge in [-0.15, -0.1) is 5.10 Å². The van der Waals surface area contributed by atoms with Crippen molar-refractivity contribution in [3.8, 4) is 0 Å². The normalized spacial score (nSPS) is 16.5. The molecule has 1 aliphatic heterocycles. The van der Waals surface area contributed by atoms with Gasteiger partial charge < -0.3 is 9.32 Å². The van der Waals surface area contributed by atoms with Crippen molar-refractivity contribution in [3.63, 3.8) is 0 Å². The molecule has 1 atom stereocenters. The molecule has 0 saturated carbocycles. The lowest BCUT2D eigenvalue weighted by Crippen LogP contribution is -2.43. The lowest BCUT2D eigenvalue weighted by atomic mass is 10.0. The van der Waals surface area contributed by atoms with Crippen molar-refractivity contribution >= 4 is 28.0 Å². The Hall–Kier alpha value is -3.42. The lowest BCUT2D eigenvalue weighted by molar-refractivity contribution is -0.135. The molecule has 1 saturated heterocycles. The van der Waals surface area contributed by atoms with E-state index in [9.17, 15) is 9.59 Å². The predicted octanol–water partition coefficient (Wildman–Crippen LogP) is 2.76. The summed E-state index contributed by atoms with van der Waals surface area (Å²) < 4.78 is 8.77. The molecule has 0 aliphatic carbocycles. The van der Waals surface area contributed by atoms with Crippen LogP contribution in [0.25, 0.3) is 22.1 Å². The third kappa shape index (κ3) is 2.91. The van der Waals surface area contributed by atoms with Crippen LogP contribution in [0.2, 0.25) is 0 Å². The molecule has 0 N–H and O–H groups in total. The molecule has 148 valence electrons. The second kappa shape index (κ2) is 6.88. The van der Waals surface area contributed by atoms with E-state index in [0.29, 0.717) is 31.5 Å². The highest BCUT2D eigenvalue weighted by molar-refractivity contribution is 5.83. The Kier molecular flexibility index (Phi) is 4.19. The molecule has 0 spiro atoms. The van der Waals surface area contributed by atoms with Gasteiger partial charge in [0.25, 0.3) is 0 Å². The monoisotopic (exact) mass is 391 g/mol. The van der Waals surface area contributed by atoms with Crippen molar-refractivity contribution in [3.05, 3.63) is 59.1 Å². The smallest absolute Gasteiger partial charge is 0.408 e. The highest BCUT2D eigenvalue weighted by atomic mass is 16.4. The van der Waals surface area contributed by atoms with Gasteiger partial charge in [0.1, 0.15) is 11.6 Å². The highest BCUT2D eigenvalue weighted by Crippen LogP contribution is 2.27. The van der Waals surface area contributed by atoms with Crippen LogP contribution in [-0.4, -0.2) is 43.5 Å². The molecule has 0 radical (unpaired) electrons. The van der Waals surface area contributed by atoms with E-state index in [0.717, 1.165) is 16.6 Å². The van der Waals surface area contributed by atoms with Crippen LogP contribution >= 0.6 is 0 Å². The average Bonchev–Trinajstić information content (AvgIpc) is 3.33. The molecule has 4 aromatic rings. The minimum atomic E-state index is -0.434. The lowest BCUT2D eigenvalue weighted by Gasteiger charge is -2.33. The number of hydrogen-bond acceptors (Lipinski definition) is 5. The van der Waals surface area contributed by atoms with E-state index < -0.39 is 6.04 Å². The molecule has 3 heterocycles. The van der Waals surface area contributed by atoms with Crippen molar-refractivity contribution in [1.82, 2.24) is 24.5 Å². The highest BCUT2D eigenvalue weighted by Gasteiger charge is 2.30. The van der Waals surface area contributed by atoms with Crippen molar-refractivity contribution < 1.29 is 9.21 Å². The standard InChI is InChI=1S/C21H21N5O3/c1-14(26-17-7-3-2-6-16(17)22-23-26)20(27)24-12-10-15(11-13-24)25-18-8-4-5-9-19(18)29-21(25)28/h2-9,14-15H,10-13H2,1H3. The Morgan fingerprint density at radius 3 is 2.55 bits per heavy atom. The SMILES string of the molecule is CC(C(=O)N1CCC(n2c(=O)oc3ccccc32)CC1)n1nnc2ccccc21. The van der Waals surface area contributed by atoms with E-state index in [1.54, 1.807) is 15.3 Å². The van der Waals surface area contributed by atoms with Gasteiger partial charge >= 0.3 is 5.76 Å². The van der Waals surface area contributed by atoms with Gasteiger partial charge in [-0.25, -0.2) is 9.48 Å². The average molecular weight is 391 g/mol. The van der Waals surface area contributed by atoms with Gasteiger partial charge in [0.15, 0.2) is 5.58 Å². The number of carbonyl (C=O) groups excluding carboxylic acids is 1. The Morgan fingerprint density at radius 2 is 1.76 bits per heavy atom. The van der Waals surface area contributed by atoms with E-state index >= 15 is 0 Å². The summed E-state index contributed by atoms with van der Waals surface area (Å²) >= 11 is 0. The van der Waals surface area contributed by atoms with Crippen LogP contribution in [-0.2, 0) is 4.79 Å². The maximum atomic E-state index is 13.1. The molecule has 2 aromatic heterocycles. The van der Waals surface area contributed by atoms with Gasteiger partial charge in [-0.2, -0.15) is 0 Å². The number of hydrogen-bond donors (Lipinski definition) is 0. The Labute approximate surface area is 166 Å². The molecular weight excluding hydrogens is 370 g/mol. The fourth-order valence-corrected chi connectivity index (χ4v) is 4.22. The first-order valence-corrected chi connectivity index (χ1v) is 9.82. The van der Waals surface area contributed by atoms with Gasteiger partial charge in [0.05, 0.1) is 11.0 Å². The summed E-state index contributed by atoms with van der Waals surface area (Å²) in [7, 11) is 0. The summed E-state index contributed by atoms with van der Waals surface area (Å²) in [6.45, 7) is 3.03. The van der Waals surface area contributed by atoms with Gasteiger partial charge in [-0.1, -0.05) is 29.5 Å². The number of benzene rings is 2. The van der Waals surface area contributed by atoms with Crippen LogP contribution in [0, 0.1) is 0 Å². The molecule has 1 unspecified atom stereocenters. The molecule has 1 amide bonds. The number of likely N-dealkylation sites (tertiary alicyclic amines) is 1. The molecule has 1 aliphatic rings. The maximum Gasteiger partial charge on any atom is 0.420 e. The predicted molar refractivity (Wildman–Crippen MR) is 108 cm³/mol. The van der Waals surface area contributed by atoms with Crippen LogP contribution in [0.4, 0.5) is 0 Å². The van der Waals surface area contributed by atoms with Gasteiger partial charge in [0, 0.05) is 19.1 Å². The number of rotatable bonds is 3. The minimum Gasteiger partial charge on any atom is -0.408 e. The topological polar surface area (TPSA) is 86.2 Å². The number of para-hydroxylation sites is 3. The second-order valence-corrected chi connectivity index (χ2v) is 7.46. The van der Waals surface area contributed by atoms with Crippen molar-refractivity contribution in [2.24, 2.45) is 0 Å².